The second kappa shape index (κ2) is 9.29. The number of amides is 1. The number of aliphatic hydroxyl groups is 1. The second-order valence-corrected chi connectivity index (χ2v) is 10.0. The number of hydrogen-bond acceptors (Lipinski definition) is 9. The molecule has 4 aromatic rings. The van der Waals surface area contributed by atoms with E-state index in [-0.39, 0.29) is 5.57 Å². The number of anilines is 1. The minimum Gasteiger partial charge on any atom is -0.503 e. The van der Waals surface area contributed by atoms with Crippen LogP contribution in [0.1, 0.15) is 26.8 Å². The third kappa shape index (κ3) is 3.78. The fraction of sp³-hybridized carbons (Fsp3) is 0.192. The van der Waals surface area contributed by atoms with Crippen molar-refractivity contribution < 1.29 is 28.9 Å². The highest BCUT2D eigenvalue weighted by Gasteiger charge is 2.46. The Labute approximate surface area is 215 Å². The number of ketones is 1. The smallest absolute Gasteiger partial charge is 0.296 e. The molecule has 2 aromatic carbocycles. The first-order valence-corrected chi connectivity index (χ1v) is 12.6. The number of methoxy groups -OCH3 is 3. The Morgan fingerprint density at radius 1 is 1.06 bits per heavy atom. The summed E-state index contributed by atoms with van der Waals surface area (Å²) >= 11 is 2.55. The van der Waals surface area contributed by atoms with Gasteiger partial charge in [0.05, 0.1) is 48.0 Å². The fourth-order valence-electron chi connectivity index (χ4n) is 4.27. The predicted molar refractivity (Wildman–Crippen MR) is 139 cm³/mol. The minimum atomic E-state index is -0.970. The molecule has 0 saturated heterocycles. The first kappa shape index (κ1) is 23.8. The lowest BCUT2D eigenvalue weighted by atomic mass is 9.95. The monoisotopic (exact) mass is 522 g/mol. The fourth-order valence-corrected chi connectivity index (χ4v) is 6.04. The molecular weight excluding hydrogens is 500 g/mol. The van der Waals surface area contributed by atoms with Crippen LogP contribution in [0.25, 0.3) is 10.2 Å². The molecule has 184 valence electrons. The average Bonchev–Trinajstić information content (AvgIpc) is 3.61. The van der Waals surface area contributed by atoms with Gasteiger partial charge in [-0.05, 0) is 53.8 Å². The highest BCUT2D eigenvalue weighted by atomic mass is 32.1. The van der Waals surface area contributed by atoms with Crippen LogP contribution in [0.5, 0.6) is 17.2 Å². The molecule has 1 atom stereocenters. The zero-order valence-corrected chi connectivity index (χ0v) is 21.5. The van der Waals surface area contributed by atoms with Gasteiger partial charge in [0.25, 0.3) is 5.91 Å². The molecule has 1 aliphatic rings. The summed E-state index contributed by atoms with van der Waals surface area (Å²) in [4.78, 5) is 33.5. The van der Waals surface area contributed by atoms with Gasteiger partial charge in [-0.3, -0.25) is 14.5 Å². The van der Waals surface area contributed by atoms with Crippen LogP contribution in [-0.2, 0) is 4.79 Å². The molecule has 1 unspecified atom stereocenters. The minimum absolute atomic E-state index is 0.0350. The molecule has 2 aromatic heterocycles. The number of carbonyl (C=O) groups is 2. The molecule has 1 N–H and O–H groups in total. The molecular formula is C26H22N2O6S2. The molecule has 10 heteroatoms. The zero-order chi connectivity index (χ0) is 25.6. The van der Waals surface area contributed by atoms with Crippen molar-refractivity contribution in [2.24, 2.45) is 0 Å². The average molecular weight is 523 g/mol. The Bertz CT molecular complexity index is 1500. The third-order valence-electron chi connectivity index (χ3n) is 5.94. The molecule has 0 radical (unpaired) electrons. The molecule has 1 amide bonds. The number of ether oxygens (including phenoxy) is 3. The molecule has 3 heterocycles. The number of carbonyl (C=O) groups excluding carboxylic acids is 2. The van der Waals surface area contributed by atoms with Crippen molar-refractivity contribution in [3.63, 3.8) is 0 Å². The number of hydrogen-bond donors (Lipinski definition) is 1. The van der Waals surface area contributed by atoms with Gasteiger partial charge in [-0.2, -0.15) is 0 Å². The van der Waals surface area contributed by atoms with E-state index in [1.807, 2.05) is 25.1 Å². The predicted octanol–water partition coefficient (Wildman–Crippen LogP) is 5.47. The van der Waals surface area contributed by atoms with Crippen LogP contribution < -0.4 is 19.1 Å². The summed E-state index contributed by atoms with van der Waals surface area (Å²) in [5, 5.41) is 13.2. The Balaban J connectivity index is 1.74. The highest BCUT2D eigenvalue weighted by molar-refractivity contribution is 7.22. The van der Waals surface area contributed by atoms with Gasteiger partial charge in [-0.25, -0.2) is 4.98 Å². The lowest BCUT2D eigenvalue weighted by Crippen LogP contribution is -2.31. The standard InChI is InChI=1S/C26H22N2O6S2/c1-13-7-8-15-19(10-13)36-26(27-15)28-21(14-11-16(32-2)24(34-4)17(12-14)33-3)20(23(30)25(28)31)22(29)18-6-5-9-35-18/h5-12,21,30H,1-4H3. The van der Waals surface area contributed by atoms with Gasteiger partial charge in [0, 0.05) is 0 Å². The Morgan fingerprint density at radius 2 is 1.78 bits per heavy atom. The summed E-state index contributed by atoms with van der Waals surface area (Å²) in [6.45, 7) is 1.98. The SMILES string of the molecule is COc1cc(C2C(C(=O)c3cccs3)=C(O)C(=O)N2c2nc3ccc(C)cc3s2)cc(OC)c1OC. The summed E-state index contributed by atoms with van der Waals surface area (Å²) in [5.74, 6) is -0.669. The second-order valence-electron chi connectivity index (χ2n) is 8.07. The topological polar surface area (TPSA) is 98.2 Å². The third-order valence-corrected chi connectivity index (χ3v) is 7.83. The molecule has 36 heavy (non-hydrogen) atoms. The van der Waals surface area contributed by atoms with Gasteiger partial charge >= 0.3 is 0 Å². The number of nitrogens with zero attached hydrogens (tertiary/aromatic N) is 2. The molecule has 0 fully saturated rings. The van der Waals surface area contributed by atoms with Crippen LogP contribution in [0.2, 0.25) is 0 Å². The number of fused-ring (bicyclic) bond motifs is 1. The van der Waals surface area contributed by atoms with E-state index < -0.39 is 23.5 Å². The highest BCUT2D eigenvalue weighted by Crippen LogP contribution is 2.48. The molecule has 0 bridgehead atoms. The summed E-state index contributed by atoms with van der Waals surface area (Å²) in [6.07, 6.45) is 0. The molecule has 5 rings (SSSR count). The van der Waals surface area contributed by atoms with Crippen LogP contribution in [0.15, 0.2) is 59.2 Å². The number of aryl methyl sites for hydroxylation is 1. The molecule has 1 aliphatic heterocycles. The zero-order valence-electron chi connectivity index (χ0n) is 19.9. The Hall–Kier alpha value is -3.89. The van der Waals surface area contributed by atoms with E-state index in [9.17, 15) is 14.7 Å². The van der Waals surface area contributed by atoms with Crippen LogP contribution >= 0.6 is 22.7 Å². The van der Waals surface area contributed by atoms with Crippen LogP contribution in [0.3, 0.4) is 0 Å². The largest absolute Gasteiger partial charge is 0.503 e. The summed E-state index contributed by atoms with van der Waals surface area (Å²) in [6, 6.07) is 11.6. The van der Waals surface area contributed by atoms with Crippen molar-refractivity contribution in [2.45, 2.75) is 13.0 Å². The van der Waals surface area contributed by atoms with Gasteiger partial charge in [0.15, 0.2) is 22.4 Å². The van der Waals surface area contributed by atoms with Crippen LogP contribution in [0, 0.1) is 6.92 Å². The Morgan fingerprint density at radius 3 is 2.39 bits per heavy atom. The van der Waals surface area contributed by atoms with Gasteiger partial charge in [0.1, 0.15) is 0 Å². The summed E-state index contributed by atoms with van der Waals surface area (Å²) in [5.41, 5.74) is 2.24. The van der Waals surface area contributed by atoms with Crippen molar-refractivity contribution in [1.82, 2.24) is 4.98 Å². The number of aromatic nitrogens is 1. The molecule has 8 nitrogen and oxygen atoms in total. The maximum Gasteiger partial charge on any atom is 0.296 e. The lowest BCUT2D eigenvalue weighted by Gasteiger charge is -2.25. The van der Waals surface area contributed by atoms with Crippen molar-refractivity contribution in [3.8, 4) is 17.2 Å². The van der Waals surface area contributed by atoms with Gasteiger partial charge in [-0.15, -0.1) is 11.3 Å². The Kier molecular flexibility index (Phi) is 6.15. The van der Waals surface area contributed by atoms with Crippen molar-refractivity contribution in [2.75, 3.05) is 26.2 Å². The van der Waals surface area contributed by atoms with Crippen LogP contribution in [0.4, 0.5) is 5.13 Å². The van der Waals surface area contributed by atoms with Crippen molar-refractivity contribution in [1.29, 1.82) is 0 Å². The van der Waals surface area contributed by atoms with E-state index in [1.54, 1.807) is 29.6 Å². The summed E-state index contributed by atoms with van der Waals surface area (Å²) in [7, 11) is 4.46. The number of benzene rings is 2. The van der Waals surface area contributed by atoms with E-state index in [2.05, 4.69) is 4.98 Å². The number of rotatable bonds is 7. The quantitative estimate of drug-likeness (QED) is 0.321. The van der Waals surface area contributed by atoms with Crippen molar-refractivity contribution in [3.05, 3.63) is 75.2 Å². The van der Waals surface area contributed by atoms with E-state index >= 15 is 0 Å². The van der Waals surface area contributed by atoms with E-state index in [0.717, 1.165) is 15.8 Å². The van der Waals surface area contributed by atoms with Crippen LogP contribution in [-0.4, -0.2) is 43.1 Å². The summed E-state index contributed by atoms with van der Waals surface area (Å²) < 4.78 is 17.4. The van der Waals surface area contributed by atoms with Crippen molar-refractivity contribution >= 4 is 49.7 Å². The van der Waals surface area contributed by atoms with Gasteiger partial charge in [-0.1, -0.05) is 23.5 Å². The van der Waals surface area contributed by atoms with E-state index in [1.165, 1.54) is 48.9 Å². The van der Waals surface area contributed by atoms with Gasteiger partial charge in [0.2, 0.25) is 11.5 Å². The lowest BCUT2D eigenvalue weighted by molar-refractivity contribution is -0.117. The number of Topliss-reactive ketones (excluding diaryl/α,β-unsaturated/α-hetero) is 1. The van der Waals surface area contributed by atoms with E-state index in [0.29, 0.717) is 32.8 Å². The maximum atomic E-state index is 13.6. The van der Waals surface area contributed by atoms with Gasteiger partial charge < -0.3 is 19.3 Å². The number of aliphatic hydroxyl groups excluding tert-OH is 1. The maximum absolute atomic E-state index is 13.6. The first-order valence-electron chi connectivity index (χ1n) is 10.9. The molecule has 0 saturated carbocycles. The normalized spacial score (nSPS) is 15.6. The number of thiazole rings is 1. The molecule has 0 spiro atoms. The van der Waals surface area contributed by atoms with E-state index in [4.69, 9.17) is 14.2 Å². The number of thiophene rings is 1. The first-order chi connectivity index (χ1) is 17.4. The molecule has 0 aliphatic carbocycles.